The average Bonchev–Trinajstić information content (AvgIpc) is 2.82. The highest BCUT2D eigenvalue weighted by Gasteiger charge is 2.02. The number of aromatic nitrogens is 2. The molecule has 0 aliphatic rings. The molecule has 0 amide bonds. The molecule has 0 radical (unpaired) electrons. The van der Waals surface area contributed by atoms with E-state index in [-0.39, 0.29) is 0 Å². The van der Waals surface area contributed by atoms with Crippen molar-refractivity contribution in [3.63, 3.8) is 0 Å². The standard InChI is InChI=1S/C16H24N2/c1-13-7-8-14(2)17(13)11-5-6-12-18-15(3)9-10-16(18)4/h7-10H,5-6,11-12H2,1-4H3. The number of rotatable bonds is 5. The van der Waals surface area contributed by atoms with E-state index in [1.807, 2.05) is 0 Å². The first-order valence-corrected chi connectivity index (χ1v) is 6.85. The van der Waals surface area contributed by atoms with E-state index in [1.165, 1.54) is 35.6 Å². The Morgan fingerprint density at radius 2 is 0.889 bits per heavy atom. The van der Waals surface area contributed by atoms with Gasteiger partial charge >= 0.3 is 0 Å². The lowest BCUT2D eigenvalue weighted by Gasteiger charge is -2.11. The number of hydrogen-bond donors (Lipinski definition) is 0. The molecule has 0 unspecified atom stereocenters. The predicted octanol–water partition coefficient (Wildman–Crippen LogP) is 4.00. The van der Waals surface area contributed by atoms with E-state index in [9.17, 15) is 0 Å². The van der Waals surface area contributed by atoms with Crippen molar-refractivity contribution >= 4 is 0 Å². The Morgan fingerprint density at radius 3 is 1.17 bits per heavy atom. The fourth-order valence-corrected chi connectivity index (χ4v) is 2.64. The van der Waals surface area contributed by atoms with Crippen LogP contribution in [-0.4, -0.2) is 9.13 Å². The highest BCUT2D eigenvalue weighted by molar-refractivity contribution is 5.14. The van der Waals surface area contributed by atoms with Crippen LogP contribution in [0.1, 0.15) is 35.6 Å². The van der Waals surface area contributed by atoms with Crippen LogP contribution in [0.15, 0.2) is 24.3 Å². The highest BCUT2D eigenvalue weighted by Crippen LogP contribution is 2.11. The van der Waals surface area contributed by atoms with Gasteiger partial charge in [-0.2, -0.15) is 0 Å². The zero-order valence-corrected chi connectivity index (χ0v) is 12.0. The normalized spacial score (nSPS) is 11.1. The molecule has 0 atom stereocenters. The SMILES string of the molecule is Cc1ccc(C)n1CCCCn1c(C)ccc1C. The number of aryl methyl sites for hydroxylation is 4. The third-order valence-electron chi connectivity index (χ3n) is 3.85. The first-order chi connectivity index (χ1) is 8.59. The van der Waals surface area contributed by atoms with Gasteiger partial charge in [0.05, 0.1) is 0 Å². The van der Waals surface area contributed by atoms with Gasteiger partial charge in [-0.05, 0) is 64.8 Å². The van der Waals surface area contributed by atoms with Crippen molar-refractivity contribution in [3.8, 4) is 0 Å². The van der Waals surface area contributed by atoms with Gasteiger partial charge in [-0.25, -0.2) is 0 Å². The Bertz CT molecular complexity index is 430. The van der Waals surface area contributed by atoms with Crippen LogP contribution in [0.3, 0.4) is 0 Å². The molecule has 0 aliphatic carbocycles. The monoisotopic (exact) mass is 244 g/mol. The van der Waals surface area contributed by atoms with Gasteiger partial charge in [0.15, 0.2) is 0 Å². The van der Waals surface area contributed by atoms with E-state index >= 15 is 0 Å². The molecule has 0 aliphatic heterocycles. The van der Waals surface area contributed by atoms with Gasteiger partial charge in [0.1, 0.15) is 0 Å². The molecule has 0 bridgehead atoms. The number of hydrogen-bond acceptors (Lipinski definition) is 0. The van der Waals surface area contributed by atoms with Crippen molar-refractivity contribution in [2.24, 2.45) is 0 Å². The summed E-state index contributed by atoms with van der Waals surface area (Å²) in [5, 5.41) is 0. The van der Waals surface area contributed by atoms with Crippen molar-refractivity contribution in [2.75, 3.05) is 0 Å². The van der Waals surface area contributed by atoms with Gasteiger partial charge in [0.25, 0.3) is 0 Å². The van der Waals surface area contributed by atoms with Crippen LogP contribution in [0, 0.1) is 27.7 Å². The third-order valence-corrected chi connectivity index (χ3v) is 3.85. The quantitative estimate of drug-likeness (QED) is 0.703. The van der Waals surface area contributed by atoms with E-state index in [0.717, 1.165) is 13.1 Å². The van der Waals surface area contributed by atoms with Crippen LogP contribution >= 0.6 is 0 Å². The maximum Gasteiger partial charge on any atom is 0.0225 e. The first kappa shape index (κ1) is 13.0. The lowest BCUT2D eigenvalue weighted by Crippen LogP contribution is -2.06. The second-order valence-electron chi connectivity index (χ2n) is 5.24. The van der Waals surface area contributed by atoms with Gasteiger partial charge in [-0.15, -0.1) is 0 Å². The molecule has 18 heavy (non-hydrogen) atoms. The minimum atomic E-state index is 1.14. The molecule has 0 N–H and O–H groups in total. The molecule has 0 saturated carbocycles. The van der Waals surface area contributed by atoms with Gasteiger partial charge < -0.3 is 9.13 Å². The van der Waals surface area contributed by atoms with E-state index in [1.54, 1.807) is 0 Å². The van der Waals surface area contributed by atoms with Crippen LogP contribution in [0.5, 0.6) is 0 Å². The molecule has 98 valence electrons. The molecule has 0 spiro atoms. The third kappa shape index (κ3) is 2.69. The Kier molecular flexibility index (Phi) is 3.95. The van der Waals surface area contributed by atoms with E-state index in [0.29, 0.717) is 0 Å². The fourth-order valence-electron chi connectivity index (χ4n) is 2.64. The zero-order valence-electron chi connectivity index (χ0n) is 12.0. The molecule has 0 fully saturated rings. The predicted molar refractivity (Wildman–Crippen MR) is 77.0 cm³/mol. The van der Waals surface area contributed by atoms with Gasteiger partial charge in [-0.1, -0.05) is 0 Å². The largest absolute Gasteiger partial charge is 0.349 e. The molecule has 2 aromatic rings. The minimum Gasteiger partial charge on any atom is -0.349 e. The van der Waals surface area contributed by atoms with Gasteiger partial charge in [-0.3, -0.25) is 0 Å². The summed E-state index contributed by atoms with van der Waals surface area (Å²) in [4.78, 5) is 0. The molecule has 0 aromatic carbocycles. The molecule has 2 rings (SSSR count). The summed E-state index contributed by atoms with van der Waals surface area (Å²) in [6.45, 7) is 11.0. The molecular weight excluding hydrogens is 220 g/mol. The Labute approximate surface area is 110 Å². The molecule has 2 nitrogen and oxygen atoms in total. The Hall–Kier alpha value is -1.44. The Balaban J connectivity index is 1.84. The number of unbranched alkanes of at least 4 members (excludes halogenated alkanes) is 1. The van der Waals surface area contributed by atoms with Crippen LogP contribution in [0.4, 0.5) is 0 Å². The van der Waals surface area contributed by atoms with Crippen molar-refractivity contribution in [2.45, 2.75) is 53.6 Å². The molecule has 0 saturated heterocycles. The van der Waals surface area contributed by atoms with E-state index in [4.69, 9.17) is 0 Å². The smallest absolute Gasteiger partial charge is 0.0225 e. The van der Waals surface area contributed by atoms with E-state index in [2.05, 4.69) is 61.1 Å². The lowest BCUT2D eigenvalue weighted by molar-refractivity contribution is 0.534. The first-order valence-electron chi connectivity index (χ1n) is 6.85. The van der Waals surface area contributed by atoms with Crippen LogP contribution in [0.25, 0.3) is 0 Å². The van der Waals surface area contributed by atoms with Crippen LogP contribution < -0.4 is 0 Å². The Morgan fingerprint density at radius 1 is 0.611 bits per heavy atom. The maximum atomic E-state index is 2.41. The summed E-state index contributed by atoms with van der Waals surface area (Å²) in [5.74, 6) is 0. The maximum absolute atomic E-state index is 2.41. The second-order valence-corrected chi connectivity index (χ2v) is 5.24. The zero-order chi connectivity index (χ0) is 13.1. The summed E-state index contributed by atoms with van der Waals surface area (Å²) >= 11 is 0. The topological polar surface area (TPSA) is 9.86 Å². The van der Waals surface area contributed by atoms with Gasteiger partial charge in [0.2, 0.25) is 0 Å². The van der Waals surface area contributed by atoms with Crippen molar-refractivity contribution in [1.82, 2.24) is 9.13 Å². The summed E-state index contributed by atoms with van der Waals surface area (Å²) in [5.41, 5.74) is 5.50. The molecule has 2 heterocycles. The highest BCUT2D eigenvalue weighted by atomic mass is 15.0. The van der Waals surface area contributed by atoms with E-state index < -0.39 is 0 Å². The number of nitrogens with zero attached hydrogens (tertiary/aromatic N) is 2. The minimum absolute atomic E-state index is 1.14. The van der Waals surface area contributed by atoms with Crippen molar-refractivity contribution in [1.29, 1.82) is 0 Å². The molecule has 2 aromatic heterocycles. The summed E-state index contributed by atoms with van der Waals surface area (Å²) in [6.07, 6.45) is 2.49. The summed E-state index contributed by atoms with van der Waals surface area (Å²) in [7, 11) is 0. The summed E-state index contributed by atoms with van der Waals surface area (Å²) < 4.78 is 4.82. The fraction of sp³-hybridized carbons (Fsp3) is 0.500. The van der Waals surface area contributed by atoms with Gasteiger partial charge in [0, 0.05) is 35.9 Å². The summed E-state index contributed by atoms with van der Waals surface area (Å²) in [6, 6.07) is 8.82. The average molecular weight is 244 g/mol. The lowest BCUT2D eigenvalue weighted by atomic mass is 10.3. The van der Waals surface area contributed by atoms with Crippen LogP contribution in [-0.2, 0) is 13.1 Å². The van der Waals surface area contributed by atoms with Crippen LogP contribution in [0.2, 0.25) is 0 Å². The van der Waals surface area contributed by atoms with Crippen molar-refractivity contribution in [3.05, 3.63) is 47.0 Å². The van der Waals surface area contributed by atoms with Crippen molar-refractivity contribution < 1.29 is 0 Å². The second kappa shape index (κ2) is 5.47. The molecule has 2 heteroatoms. The molecular formula is C16H24N2.